The second-order valence-electron chi connectivity index (χ2n) is 6.74. The van der Waals surface area contributed by atoms with Crippen LogP contribution in [0.25, 0.3) is 0 Å². The van der Waals surface area contributed by atoms with Crippen molar-refractivity contribution in [3.05, 3.63) is 48.0 Å². The number of nitrogens with zero attached hydrogens (tertiary/aromatic N) is 3. The molecule has 1 atom stereocenters. The first-order valence-electron chi connectivity index (χ1n) is 8.70. The summed E-state index contributed by atoms with van der Waals surface area (Å²) in [5, 5.41) is 0. The van der Waals surface area contributed by atoms with Crippen LogP contribution < -0.4 is 4.74 Å². The number of ether oxygens (including phenoxy) is 1. The zero-order valence-corrected chi connectivity index (χ0v) is 14.0. The highest BCUT2D eigenvalue weighted by Crippen LogP contribution is 2.35. The Balaban J connectivity index is 1.69. The summed E-state index contributed by atoms with van der Waals surface area (Å²) in [6, 6.07) is 8.11. The quantitative estimate of drug-likeness (QED) is 0.871. The van der Waals surface area contributed by atoms with Gasteiger partial charge in [-0.05, 0) is 30.5 Å². The molecule has 2 aliphatic rings. The van der Waals surface area contributed by atoms with Crippen molar-refractivity contribution in [1.29, 1.82) is 0 Å². The predicted molar refractivity (Wildman–Crippen MR) is 90.5 cm³/mol. The van der Waals surface area contributed by atoms with Gasteiger partial charge in [0.25, 0.3) is 0 Å². The molecule has 5 nitrogen and oxygen atoms in total. The van der Waals surface area contributed by atoms with Gasteiger partial charge in [-0.2, -0.15) is 0 Å². The monoisotopic (exact) mass is 325 g/mol. The van der Waals surface area contributed by atoms with Gasteiger partial charge in [-0.25, -0.2) is 4.98 Å². The predicted octanol–water partition coefficient (Wildman–Crippen LogP) is 3.17. The van der Waals surface area contributed by atoms with Crippen molar-refractivity contribution >= 4 is 5.91 Å². The summed E-state index contributed by atoms with van der Waals surface area (Å²) in [5.41, 5.74) is 1.13. The van der Waals surface area contributed by atoms with E-state index in [9.17, 15) is 4.79 Å². The van der Waals surface area contributed by atoms with Gasteiger partial charge in [-0.15, -0.1) is 0 Å². The molecule has 24 heavy (non-hydrogen) atoms. The molecule has 1 aliphatic heterocycles. The fourth-order valence-electron chi connectivity index (χ4n) is 3.98. The van der Waals surface area contributed by atoms with Crippen LogP contribution in [0.15, 0.2) is 36.7 Å². The van der Waals surface area contributed by atoms with Gasteiger partial charge in [0.15, 0.2) is 0 Å². The Bertz CT molecular complexity index is 734. The molecule has 1 amide bonds. The molecule has 0 saturated heterocycles. The standard InChI is InChI=1S/C19H23N3O2/c1-24-16-8-4-7-15(11-16)17-12-21-10-9-20-18(21)13-22(17)19(23)14-5-2-3-6-14/h4,7-11,14,17H,2-3,5-6,12-13H2,1H3. The van der Waals surface area contributed by atoms with Crippen molar-refractivity contribution in [2.75, 3.05) is 7.11 Å². The summed E-state index contributed by atoms with van der Waals surface area (Å²) in [6.45, 7) is 1.34. The maximum absolute atomic E-state index is 13.1. The van der Waals surface area contributed by atoms with Crippen molar-refractivity contribution in [3.63, 3.8) is 0 Å². The van der Waals surface area contributed by atoms with Crippen molar-refractivity contribution < 1.29 is 9.53 Å². The van der Waals surface area contributed by atoms with E-state index in [2.05, 4.69) is 15.6 Å². The lowest BCUT2D eigenvalue weighted by molar-refractivity contribution is -0.140. The van der Waals surface area contributed by atoms with E-state index in [-0.39, 0.29) is 17.9 Å². The Labute approximate surface area is 142 Å². The lowest BCUT2D eigenvalue weighted by Gasteiger charge is -2.38. The minimum atomic E-state index is 0.0369. The number of carbonyl (C=O) groups excluding carboxylic acids is 1. The maximum Gasteiger partial charge on any atom is 0.226 e. The highest BCUT2D eigenvalue weighted by atomic mass is 16.5. The molecule has 1 aromatic carbocycles. The Kier molecular flexibility index (Phi) is 4.00. The minimum Gasteiger partial charge on any atom is -0.497 e. The van der Waals surface area contributed by atoms with Crippen LogP contribution in [0.4, 0.5) is 0 Å². The fourth-order valence-corrected chi connectivity index (χ4v) is 3.98. The number of carbonyl (C=O) groups is 1. The van der Waals surface area contributed by atoms with Crippen molar-refractivity contribution in [1.82, 2.24) is 14.5 Å². The molecule has 4 rings (SSSR count). The van der Waals surface area contributed by atoms with Crippen molar-refractivity contribution in [2.45, 2.75) is 44.8 Å². The first kappa shape index (κ1) is 15.2. The maximum atomic E-state index is 13.1. The molecule has 1 saturated carbocycles. The van der Waals surface area contributed by atoms with Gasteiger partial charge in [0.2, 0.25) is 5.91 Å². The minimum absolute atomic E-state index is 0.0369. The highest BCUT2D eigenvalue weighted by molar-refractivity contribution is 5.79. The number of benzene rings is 1. The lowest BCUT2D eigenvalue weighted by atomic mass is 9.99. The number of hydrogen-bond acceptors (Lipinski definition) is 3. The Morgan fingerprint density at radius 2 is 2.12 bits per heavy atom. The molecule has 1 aromatic heterocycles. The van der Waals surface area contributed by atoms with Gasteiger partial charge in [0.1, 0.15) is 11.6 Å². The molecule has 0 N–H and O–H groups in total. The second kappa shape index (κ2) is 6.30. The number of methoxy groups -OCH3 is 1. The van der Waals surface area contributed by atoms with E-state index in [1.807, 2.05) is 35.5 Å². The largest absolute Gasteiger partial charge is 0.497 e. The third-order valence-electron chi connectivity index (χ3n) is 5.33. The van der Waals surface area contributed by atoms with E-state index in [1.165, 1.54) is 12.8 Å². The third kappa shape index (κ3) is 2.68. The first-order valence-corrected chi connectivity index (χ1v) is 8.70. The van der Waals surface area contributed by atoms with Gasteiger partial charge in [-0.1, -0.05) is 25.0 Å². The topological polar surface area (TPSA) is 47.4 Å². The molecule has 2 heterocycles. The second-order valence-corrected chi connectivity index (χ2v) is 6.74. The summed E-state index contributed by atoms with van der Waals surface area (Å²) in [6.07, 6.45) is 8.20. The van der Waals surface area contributed by atoms with Gasteiger partial charge < -0.3 is 14.2 Å². The average molecular weight is 325 g/mol. The van der Waals surface area contributed by atoms with Crippen LogP contribution in [0.1, 0.15) is 43.1 Å². The van der Waals surface area contributed by atoms with Gasteiger partial charge >= 0.3 is 0 Å². The average Bonchev–Trinajstić information content (AvgIpc) is 3.31. The van der Waals surface area contributed by atoms with Crippen LogP contribution in [0.3, 0.4) is 0 Å². The van der Waals surface area contributed by atoms with E-state index < -0.39 is 0 Å². The first-order chi connectivity index (χ1) is 11.8. The number of rotatable bonds is 3. The zero-order valence-electron chi connectivity index (χ0n) is 14.0. The Hall–Kier alpha value is -2.30. The van der Waals surface area contributed by atoms with E-state index in [0.717, 1.165) is 36.5 Å². The number of amides is 1. The van der Waals surface area contributed by atoms with Crippen LogP contribution in [0.5, 0.6) is 5.75 Å². The molecular weight excluding hydrogens is 302 g/mol. The van der Waals surface area contributed by atoms with Crippen LogP contribution in [0.2, 0.25) is 0 Å². The van der Waals surface area contributed by atoms with Crippen LogP contribution in [0, 0.1) is 5.92 Å². The zero-order chi connectivity index (χ0) is 16.5. The summed E-state index contributed by atoms with van der Waals surface area (Å²) < 4.78 is 7.53. The highest BCUT2D eigenvalue weighted by Gasteiger charge is 2.35. The fraction of sp³-hybridized carbons (Fsp3) is 0.474. The Morgan fingerprint density at radius 3 is 2.92 bits per heavy atom. The number of aromatic nitrogens is 2. The van der Waals surface area contributed by atoms with Gasteiger partial charge in [0.05, 0.1) is 19.7 Å². The number of imidazole rings is 1. The molecule has 1 aliphatic carbocycles. The van der Waals surface area contributed by atoms with E-state index >= 15 is 0 Å². The Morgan fingerprint density at radius 1 is 1.29 bits per heavy atom. The summed E-state index contributed by atoms with van der Waals surface area (Å²) >= 11 is 0. The smallest absolute Gasteiger partial charge is 0.226 e. The van der Waals surface area contributed by atoms with Crippen LogP contribution in [-0.4, -0.2) is 27.5 Å². The summed E-state index contributed by atoms with van der Waals surface area (Å²) in [7, 11) is 1.68. The molecule has 0 radical (unpaired) electrons. The molecule has 0 bridgehead atoms. The van der Waals surface area contributed by atoms with Gasteiger partial charge in [0, 0.05) is 24.9 Å². The molecule has 5 heteroatoms. The SMILES string of the molecule is COc1cccc(C2Cn3ccnc3CN2C(=O)C2CCCC2)c1. The summed E-state index contributed by atoms with van der Waals surface area (Å²) in [4.78, 5) is 19.6. The molecule has 126 valence electrons. The van der Waals surface area contributed by atoms with Crippen molar-refractivity contribution in [3.8, 4) is 5.75 Å². The van der Waals surface area contributed by atoms with Crippen molar-refractivity contribution in [2.24, 2.45) is 5.92 Å². The van der Waals surface area contributed by atoms with E-state index in [4.69, 9.17) is 4.74 Å². The van der Waals surface area contributed by atoms with Gasteiger partial charge in [-0.3, -0.25) is 4.79 Å². The number of fused-ring (bicyclic) bond motifs is 1. The molecule has 1 fully saturated rings. The van der Waals surface area contributed by atoms with E-state index in [1.54, 1.807) is 7.11 Å². The normalized spacial score (nSPS) is 20.9. The number of hydrogen-bond donors (Lipinski definition) is 0. The van der Waals surface area contributed by atoms with Crippen LogP contribution in [-0.2, 0) is 17.9 Å². The van der Waals surface area contributed by atoms with E-state index in [0.29, 0.717) is 6.54 Å². The molecular formula is C19H23N3O2. The lowest BCUT2D eigenvalue weighted by Crippen LogP contribution is -2.43. The summed E-state index contributed by atoms with van der Waals surface area (Å²) in [5.74, 6) is 2.27. The van der Waals surface area contributed by atoms with Crippen LogP contribution >= 0.6 is 0 Å². The molecule has 0 spiro atoms. The third-order valence-corrected chi connectivity index (χ3v) is 5.33. The molecule has 2 aromatic rings. The molecule has 1 unspecified atom stereocenters.